The molecule has 0 spiro atoms. The number of phenolic OH excluding ortho intramolecular Hbond substituents is 1. The normalized spacial score (nSPS) is 10.7. The molecule has 0 aliphatic heterocycles. The molecule has 3 aromatic rings. The average Bonchev–Trinajstić information content (AvgIpc) is 2.83. The lowest BCUT2D eigenvalue weighted by Gasteiger charge is -2.05. The lowest BCUT2D eigenvalue weighted by molar-refractivity contribution is 0.393. The SMILES string of the molecule is COc1cccc2nnc(-c3ccc(O)cc3)n12. The first-order valence-electron chi connectivity index (χ1n) is 5.47. The molecule has 1 aromatic carbocycles. The van der Waals surface area contributed by atoms with E-state index in [-0.39, 0.29) is 5.75 Å². The van der Waals surface area contributed by atoms with Gasteiger partial charge in [-0.15, -0.1) is 10.2 Å². The van der Waals surface area contributed by atoms with Crippen LogP contribution in [0.5, 0.6) is 11.6 Å². The van der Waals surface area contributed by atoms with Gasteiger partial charge in [-0.3, -0.25) is 0 Å². The molecular weight excluding hydrogens is 230 g/mol. The number of hydrogen-bond donors (Lipinski definition) is 1. The number of nitrogens with zero attached hydrogens (tertiary/aromatic N) is 3. The summed E-state index contributed by atoms with van der Waals surface area (Å²) < 4.78 is 7.13. The van der Waals surface area contributed by atoms with Crippen molar-refractivity contribution in [3.8, 4) is 23.0 Å². The molecule has 0 bridgehead atoms. The number of rotatable bonds is 2. The zero-order valence-corrected chi connectivity index (χ0v) is 9.74. The van der Waals surface area contributed by atoms with E-state index in [0.717, 1.165) is 11.2 Å². The highest BCUT2D eigenvalue weighted by atomic mass is 16.5. The molecule has 18 heavy (non-hydrogen) atoms. The summed E-state index contributed by atoms with van der Waals surface area (Å²) >= 11 is 0. The predicted octanol–water partition coefficient (Wildman–Crippen LogP) is 2.11. The van der Waals surface area contributed by atoms with E-state index in [1.54, 1.807) is 31.4 Å². The van der Waals surface area contributed by atoms with Crippen LogP contribution in [0.1, 0.15) is 0 Å². The smallest absolute Gasteiger partial charge is 0.200 e. The summed E-state index contributed by atoms with van der Waals surface area (Å²) in [6.45, 7) is 0. The number of methoxy groups -OCH3 is 1. The van der Waals surface area contributed by atoms with Crippen LogP contribution in [-0.4, -0.2) is 26.8 Å². The molecule has 0 saturated carbocycles. The van der Waals surface area contributed by atoms with Crippen LogP contribution in [0.2, 0.25) is 0 Å². The van der Waals surface area contributed by atoms with Crippen molar-refractivity contribution >= 4 is 5.65 Å². The van der Waals surface area contributed by atoms with Crippen LogP contribution in [-0.2, 0) is 0 Å². The van der Waals surface area contributed by atoms with E-state index in [2.05, 4.69) is 10.2 Å². The number of benzene rings is 1. The van der Waals surface area contributed by atoms with Gasteiger partial charge in [0.1, 0.15) is 5.75 Å². The zero-order valence-electron chi connectivity index (χ0n) is 9.74. The fourth-order valence-electron chi connectivity index (χ4n) is 1.87. The lowest BCUT2D eigenvalue weighted by atomic mass is 10.2. The Morgan fingerprint density at radius 1 is 1.06 bits per heavy atom. The minimum absolute atomic E-state index is 0.222. The van der Waals surface area contributed by atoms with Gasteiger partial charge in [-0.05, 0) is 36.4 Å². The molecule has 5 heteroatoms. The third-order valence-corrected chi connectivity index (χ3v) is 2.73. The number of ether oxygens (including phenoxy) is 1. The van der Waals surface area contributed by atoms with Gasteiger partial charge in [-0.1, -0.05) is 6.07 Å². The van der Waals surface area contributed by atoms with Crippen LogP contribution >= 0.6 is 0 Å². The van der Waals surface area contributed by atoms with E-state index in [4.69, 9.17) is 4.74 Å². The molecule has 2 aromatic heterocycles. The summed E-state index contributed by atoms with van der Waals surface area (Å²) in [5, 5.41) is 17.6. The molecule has 3 rings (SSSR count). The van der Waals surface area contributed by atoms with Gasteiger partial charge >= 0.3 is 0 Å². The van der Waals surface area contributed by atoms with Gasteiger partial charge in [0, 0.05) is 5.56 Å². The second-order valence-electron chi connectivity index (χ2n) is 3.83. The second kappa shape index (κ2) is 4.03. The number of phenols is 1. The molecule has 5 nitrogen and oxygen atoms in total. The van der Waals surface area contributed by atoms with Gasteiger partial charge in [0.2, 0.25) is 5.88 Å². The first-order valence-corrected chi connectivity index (χ1v) is 5.47. The number of aromatic hydroxyl groups is 1. The van der Waals surface area contributed by atoms with Crippen molar-refractivity contribution in [2.45, 2.75) is 0 Å². The maximum absolute atomic E-state index is 9.30. The average molecular weight is 241 g/mol. The van der Waals surface area contributed by atoms with Gasteiger partial charge in [0.15, 0.2) is 11.5 Å². The van der Waals surface area contributed by atoms with E-state index in [1.165, 1.54) is 0 Å². The molecular formula is C13H11N3O2. The van der Waals surface area contributed by atoms with Crippen molar-refractivity contribution in [2.24, 2.45) is 0 Å². The molecule has 0 radical (unpaired) electrons. The summed E-state index contributed by atoms with van der Waals surface area (Å²) in [5.74, 6) is 1.57. The van der Waals surface area contributed by atoms with Crippen LogP contribution in [0.4, 0.5) is 0 Å². The van der Waals surface area contributed by atoms with E-state index < -0.39 is 0 Å². The Labute approximate surface area is 103 Å². The Morgan fingerprint density at radius 2 is 1.83 bits per heavy atom. The highest BCUT2D eigenvalue weighted by Crippen LogP contribution is 2.24. The molecule has 0 aliphatic rings. The Kier molecular flexibility index (Phi) is 2.37. The molecule has 0 aliphatic carbocycles. The standard InChI is InChI=1S/C13H11N3O2/c1-18-12-4-2-3-11-14-15-13(16(11)12)9-5-7-10(17)8-6-9/h2-8,17H,1H3. The molecule has 0 saturated heterocycles. The van der Waals surface area contributed by atoms with Crippen molar-refractivity contribution in [3.63, 3.8) is 0 Å². The Morgan fingerprint density at radius 3 is 2.56 bits per heavy atom. The first-order chi connectivity index (χ1) is 8.79. The maximum Gasteiger partial charge on any atom is 0.200 e. The van der Waals surface area contributed by atoms with Crippen LogP contribution < -0.4 is 4.74 Å². The molecule has 90 valence electrons. The summed E-state index contributed by atoms with van der Waals surface area (Å²) in [6.07, 6.45) is 0. The molecule has 0 amide bonds. The van der Waals surface area contributed by atoms with Gasteiger partial charge in [-0.2, -0.15) is 0 Å². The number of hydrogen-bond acceptors (Lipinski definition) is 4. The Hall–Kier alpha value is -2.56. The minimum atomic E-state index is 0.222. The van der Waals surface area contributed by atoms with Gasteiger partial charge in [-0.25, -0.2) is 4.40 Å². The Bertz CT molecular complexity index is 689. The second-order valence-corrected chi connectivity index (χ2v) is 3.83. The molecule has 1 N–H and O–H groups in total. The van der Waals surface area contributed by atoms with Crippen molar-refractivity contribution in [1.29, 1.82) is 0 Å². The monoisotopic (exact) mass is 241 g/mol. The quantitative estimate of drug-likeness (QED) is 0.746. The predicted molar refractivity (Wildman–Crippen MR) is 66.6 cm³/mol. The van der Waals surface area contributed by atoms with Crippen molar-refractivity contribution in [3.05, 3.63) is 42.5 Å². The van der Waals surface area contributed by atoms with E-state index in [9.17, 15) is 5.11 Å². The van der Waals surface area contributed by atoms with Crippen LogP contribution in [0.3, 0.4) is 0 Å². The molecule has 0 unspecified atom stereocenters. The van der Waals surface area contributed by atoms with Crippen LogP contribution in [0.25, 0.3) is 17.0 Å². The largest absolute Gasteiger partial charge is 0.508 e. The van der Waals surface area contributed by atoms with E-state index in [1.807, 2.05) is 22.6 Å². The van der Waals surface area contributed by atoms with Crippen molar-refractivity contribution in [2.75, 3.05) is 7.11 Å². The third kappa shape index (κ3) is 1.57. The summed E-state index contributed by atoms with van der Waals surface area (Å²) in [4.78, 5) is 0. The topological polar surface area (TPSA) is 59.7 Å². The first kappa shape index (κ1) is 10.6. The summed E-state index contributed by atoms with van der Waals surface area (Å²) in [5.41, 5.74) is 1.59. The van der Waals surface area contributed by atoms with Crippen LogP contribution in [0.15, 0.2) is 42.5 Å². The zero-order chi connectivity index (χ0) is 12.5. The summed E-state index contributed by atoms with van der Waals surface area (Å²) in [7, 11) is 1.61. The lowest BCUT2D eigenvalue weighted by Crippen LogP contribution is -1.95. The number of pyridine rings is 1. The molecule has 2 heterocycles. The number of aromatic nitrogens is 3. The van der Waals surface area contributed by atoms with E-state index >= 15 is 0 Å². The van der Waals surface area contributed by atoms with E-state index in [0.29, 0.717) is 11.7 Å². The van der Waals surface area contributed by atoms with Gasteiger partial charge in [0.05, 0.1) is 7.11 Å². The highest BCUT2D eigenvalue weighted by molar-refractivity contribution is 5.61. The van der Waals surface area contributed by atoms with Gasteiger partial charge in [0.25, 0.3) is 0 Å². The van der Waals surface area contributed by atoms with Gasteiger partial charge < -0.3 is 9.84 Å². The Balaban J connectivity index is 2.26. The number of fused-ring (bicyclic) bond motifs is 1. The third-order valence-electron chi connectivity index (χ3n) is 2.73. The summed E-state index contributed by atoms with van der Waals surface area (Å²) in [6, 6.07) is 12.4. The van der Waals surface area contributed by atoms with Crippen molar-refractivity contribution in [1.82, 2.24) is 14.6 Å². The fraction of sp³-hybridized carbons (Fsp3) is 0.0769. The van der Waals surface area contributed by atoms with Crippen molar-refractivity contribution < 1.29 is 9.84 Å². The molecule has 0 fully saturated rings. The fourth-order valence-corrected chi connectivity index (χ4v) is 1.87. The highest BCUT2D eigenvalue weighted by Gasteiger charge is 2.11. The molecule has 0 atom stereocenters. The van der Waals surface area contributed by atoms with Crippen LogP contribution in [0, 0.1) is 0 Å². The minimum Gasteiger partial charge on any atom is -0.508 e. The maximum atomic E-state index is 9.30.